The van der Waals surface area contributed by atoms with Gasteiger partial charge in [-0.25, -0.2) is 0 Å². The van der Waals surface area contributed by atoms with Crippen LogP contribution in [0.3, 0.4) is 0 Å². The van der Waals surface area contributed by atoms with Crippen molar-refractivity contribution in [3.8, 4) is 0 Å². The lowest BCUT2D eigenvalue weighted by Crippen LogP contribution is -2.58. The molecule has 1 aliphatic heterocycles. The topological polar surface area (TPSA) is 18.5 Å². The Morgan fingerprint density at radius 2 is 2.25 bits per heavy atom. The zero-order chi connectivity index (χ0) is 8.82. The molecule has 0 spiro atoms. The molecule has 2 heteroatoms. The predicted molar refractivity (Wildman–Crippen MR) is 47.1 cm³/mol. The highest BCUT2D eigenvalue weighted by molar-refractivity contribution is 5.12. The van der Waals surface area contributed by atoms with Gasteiger partial charge in [-0.2, -0.15) is 0 Å². The Bertz CT molecular complexity index is 188. The molecular weight excluding hydrogens is 152 g/mol. The number of hydrogen-bond acceptors (Lipinski definition) is 2. The lowest BCUT2D eigenvalue weighted by Gasteiger charge is -2.50. The molecule has 2 rings (SSSR count). The quantitative estimate of drug-likeness (QED) is 0.631. The zero-order valence-electron chi connectivity index (χ0n) is 8.22. The molecule has 2 atom stereocenters. The minimum Gasteiger partial charge on any atom is -0.372 e. The summed E-state index contributed by atoms with van der Waals surface area (Å²) in [5, 5.41) is 0. The predicted octanol–water partition coefficient (Wildman–Crippen LogP) is 1.98. The van der Waals surface area contributed by atoms with Gasteiger partial charge in [-0.05, 0) is 33.6 Å². The molecule has 1 saturated heterocycles. The highest BCUT2D eigenvalue weighted by Gasteiger charge is 2.62. The summed E-state index contributed by atoms with van der Waals surface area (Å²) in [6.07, 6.45) is 2.46. The van der Waals surface area contributed by atoms with Crippen LogP contribution in [-0.2, 0) is 9.47 Å². The SMILES string of the molecule is CCOC12CCC1COC2(C)C. The Balaban J connectivity index is 2.19. The highest BCUT2D eigenvalue weighted by Crippen LogP contribution is 2.55. The van der Waals surface area contributed by atoms with Gasteiger partial charge in [0.15, 0.2) is 0 Å². The molecule has 0 radical (unpaired) electrons. The Labute approximate surface area is 74.2 Å². The average Bonchev–Trinajstić information content (AvgIpc) is 2.10. The van der Waals surface area contributed by atoms with Crippen molar-refractivity contribution >= 4 is 0 Å². The van der Waals surface area contributed by atoms with Crippen LogP contribution in [0.4, 0.5) is 0 Å². The van der Waals surface area contributed by atoms with Crippen molar-refractivity contribution in [1.29, 1.82) is 0 Å². The van der Waals surface area contributed by atoms with Gasteiger partial charge >= 0.3 is 0 Å². The monoisotopic (exact) mass is 170 g/mol. The summed E-state index contributed by atoms with van der Waals surface area (Å²) >= 11 is 0. The molecule has 2 aliphatic rings. The van der Waals surface area contributed by atoms with Crippen molar-refractivity contribution in [2.24, 2.45) is 5.92 Å². The fraction of sp³-hybridized carbons (Fsp3) is 1.00. The third kappa shape index (κ3) is 0.826. The van der Waals surface area contributed by atoms with Gasteiger partial charge in [0.25, 0.3) is 0 Å². The van der Waals surface area contributed by atoms with Crippen molar-refractivity contribution in [2.45, 2.75) is 44.8 Å². The first-order chi connectivity index (χ1) is 5.62. The summed E-state index contributed by atoms with van der Waals surface area (Å²) in [7, 11) is 0. The molecule has 2 fully saturated rings. The molecule has 70 valence electrons. The van der Waals surface area contributed by atoms with Crippen molar-refractivity contribution in [2.75, 3.05) is 13.2 Å². The Kier molecular flexibility index (Phi) is 1.74. The normalized spacial score (nSPS) is 43.8. The van der Waals surface area contributed by atoms with E-state index in [9.17, 15) is 0 Å². The average molecular weight is 170 g/mol. The van der Waals surface area contributed by atoms with E-state index in [1.54, 1.807) is 0 Å². The molecule has 0 amide bonds. The van der Waals surface area contributed by atoms with Crippen molar-refractivity contribution in [3.63, 3.8) is 0 Å². The number of rotatable bonds is 2. The summed E-state index contributed by atoms with van der Waals surface area (Å²) in [4.78, 5) is 0. The summed E-state index contributed by atoms with van der Waals surface area (Å²) < 4.78 is 11.6. The minimum atomic E-state index is -0.0636. The van der Waals surface area contributed by atoms with Crippen LogP contribution in [0.2, 0.25) is 0 Å². The first-order valence-corrected chi connectivity index (χ1v) is 4.90. The standard InChI is InChI=1S/C10H18O2/c1-4-11-10-6-5-8(10)7-12-9(10,2)3/h8H,4-7H2,1-3H3. The summed E-state index contributed by atoms with van der Waals surface area (Å²) in [5.41, 5.74) is -0.00627. The molecule has 12 heavy (non-hydrogen) atoms. The lowest BCUT2D eigenvalue weighted by atomic mass is 9.64. The fourth-order valence-corrected chi connectivity index (χ4v) is 2.67. The zero-order valence-corrected chi connectivity index (χ0v) is 8.22. The third-order valence-electron chi connectivity index (χ3n) is 3.59. The van der Waals surface area contributed by atoms with Crippen molar-refractivity contribution in [3.05, 3.63) is 0 Å². The van der Waals surface area contributed by atoms with E-state index in [2.05, 4.69) is 20.8 Å². The van der Waals surface area contributed by atoms with E-state index in [4.69, 9.17) is 9.47 Å². The van der Waals surface area contributed by atoms with Crippen LogP contribution in [0.15, 0.2) is 0 Å². The van der Waals surface area contributed by atoms with E-state index in [1.165, 1.54) is 12.8 Å². The number of hydrogen-bond donors (Lipinski definition) is 0. The van der Waals surface area contributed by atoms with Gasteiger partial charge in [0.05, 0.1) is 12.2 Å². The van der Waals surface area contributed by atoms with E-state index in [0.29, 0.717) is 5.92 Å². The van der Waals surface area contributed by atoms with Gasteiger partial charge < -0.3 is 9.47 Å². The molecule has 0 bridgehead atoms. The second-order valence-electron chi connectivity index (χ2n) is 4.38. The summed E-state index contributed by atoms with van der Waals surface area (Å²) in [5.74, 6) is 0.660. The summed E-state index contributed by atoms with van der Waals surface area (Å²) in [6, 6.07) is 0. The van der Waals surface area contributed by atoms with Crippen molar-refractivity contribution in [1.82, 2.24) is 0 Å². The van der Waals surface area contributed by atoms with E-state index < -0.39 is 0 Å². The first kappa shape index (κ1) is 8.52. The fourth-order valence-electron chi connectivity index (χ4n) is 2.67. The molecule has 2 nitrogen and oxygen atoms in total. The van der Waals surface area contributed by atoms with Crippen LogP contribution in [0.25, 0.3) is 0 Å². The van der Waals surface area contributed by atoms with Crippen LogP contribution in [0.5, 0.6) is 0 Å². The molecule has 1 aliphatic carbocycles. The van der Waals surface area contributed by atoms with Gasteiger partial charge in [-0.3, -0.25) is 0 Å². The molecule has 2 unspecified atom stereocenters. The maximum Gasteiger partial charge on any atom is 0.101 e. The first-order valence-electron chi connectivity index (χ1n) is 4.90. The molecule has 1 heterocycles. The Morgan fingerprint density at radius 3 is 2.67 bits per heavy atom. The second-order valence-corrected chi connectivity index (χ2v) is 4.38. The maximum atomic E-state index is 5.88. The Morgan fingerprint density at radius 1 is 1.50 bits per heavy atom. The van der Waals surface area contributed by atoms with Crippen LogP contribution >= 0.6 is 0 Å². The van der Waals surface area contributed by atoms with Gasteiger partial charge in [0.1, 0.15) is 5.60 Å². The second kappa shape index (κ2) is 2.46. The van der Waals surface area contributed by atoms with Crippen molar-refractivity contribution < 1.29 is 9.47 Å². The van der Waals surface area contributed by atoms with Crippen LogP contribution in [0, 0.1) is 5.92 Å². The molecular formula is C10H18O2. The molecule has 0 aromatic carbocycles. The van der Waals surface area contributed by atoms with Crippen LogP contribution in [-0.4, -0.2) is 24.4 Å². The third-order valence-corrected chi connectivity index (χ3v) is 3.59. The molecule has 0 N–H and O–H groups in total. The highest BCUT2D eigenvalue weighted by atomic mass is 16.6. The number of ether oxygens (including phenoxy) is 2. The molecule has 1 saturated carbocycles. The Hall–Kier alpha value is -0.0800. The van der Waals surface area contributed by atoms with Gasteiger partial charge in [-0.15, -0.1) is 0 Å². The summed E-state index contributed by atoms with van der Waals surface area (Å²) in [6.45, 7) is 8.08. The minimum absolute atomic E-state index is 0.0573. The number of fused-ring (bicyclic) bond motifs is 1. The smallest absolute Gasteiger partial charge is 0.101 e. The van der Waals surface area contributed by atoms with Crippen LogP contribution in [0.1, 0.15) is 33.6 Å². The lowest BCUT2D eigenvalue weighted by molar-refractivity contribution is -0.182. The largest absolute Gasteiger partial charge is 0.372 e. The van der Waals surface area contributed by atoms with E-state index in [0.717, 1.165) is 13.2 Å². The molecule has 0 aromatic heterocycles. The van der Waals surface area contributed by atoms with Gasteiger partial charge in [0, 0.05) is 12.5 Å². The van der Waals surface area contributed by atoms with Gasteiger partial charge in [-0.1, -0.05) is 0 Å². The van der Waals surface area contributed by atoms with Crippen LogP contribution < -0.4 is 0 Å². The molecule has 0 aromatic rings. The van der Waals surface area contributed by atoms with E-state index >= 15 is 0 Å². The van der Waals surface area contributed by atoms with E-state index in [1.807, 2.05) is 0 Å². The van der Waals surface area contributed by atoms with Gasteiger partial charge in [0.2, 0.25) is 0 Å². The van der Waals surface area contributed by atoms with E-state index in [-0.39, 0.29) is 11.2 Å². The maximum absolute atomic E-state index is 5.88.